The third-order valence-electron chi connectivity index (χ3n) is 2.94. The molecule has 0 aliphatic carbocycles. The Hall–Kier alpha value is -2.68. The van der Waals surface area contributed by atoms with Crippen LogP contribution >= 0.6 is 0 Å². The number of aromatic nitrogens is 2. The first kappa shape index (κ1) is 13.7. The Balaban J connectivity index is 2.38. The fourth-order valence-electron chi connectivity index (χ4n) is 1.87. The first-order chi connectivity index (χ1) is 9.56. The lowest BCUT2D eigenvalue weighted by atomic mass is 10.1. The molecule has 6 heteroatoms. The van der Waals surface area contributed by atoms with E-state index in [-0.39, 0.29) is 5.56 Å². The van der Waals surface area contributed by atoms with E-state index >= 15 is 0 Å². The number of imidazole rings is 1. The van der Waals surface area contributed by atoms with Crippen molar-refractivity contribution >= 4 is 5.97 Å². The van der Waals surface area contributed by atoms with Gasteiger partial charge in [-0.15, -0.1) is 0 Å². The minimum absolute atomic E-state index is 0.0279. The summed E-state index contributed by atoms with van der Waals surface area (Å²) >= 11 is 0. The van der Waals surface area contributed by atoms with Crippen LogP contribution in [0.5, 0.6) is 0 Å². The Morgan fingerprint density at radius 1 is 1.55 bits per heavy atom. The second-order valence-electron chi connectivity index (χ2n) is 4.19. The Bertz CT molecular complexity index is 701. The highest BCUT2D eigenvalue weighted by atomic mass is 19.1. The molecule has 0 N–H and O–H groups in total. The molecule has 20 heavy (non-hydrogen) atoms. The lowest BCUT2D eigenvalue weighted by Crippen LogP contribution is -2.12. The minimum Gasteiger partial charge on any atom is -0.464 e. The second-order valence-corrected chi connectivity index (χ2v) is 4.19. The number of hydrogen-bond donors (Lipinski definition) is 0. The summed E-state index contributed by atoms with van der Waals surface area (Å²) in [5.74, 6) is -0.423. The van der Waals surface area contributed by atoms with Gasteiger partial charge in [-0.1, -0.05) is 6.07 Å². The minimum atomic E-state index is -0.563. The maximum Gasteiger partial charge on any atom is 0.356 e. The number of carbonyl (C=O) groups excluding carboxylic acids is 1. The Morgan fingerprint density at radius 3 is 2.95 bits per heavy atom. The summed E-state index contributed by atoms with van der Waals surface area (Å²) in [4.78, 5) is 15.7. The maximum atomic E-state index is 13.3. The predicted molar refractivity (Wildman–Crippen MR) is 68.5 cm³/mol. The summed E-state index contributed by atoms with van der Waals surface area (Å²) in [6.45, 7) is 2.06. The monoisotopic (exact) mass is 273 g/mol. The molecular formula is C14H12FN3O2. The van der Waals surface area contributed by atoms with E-state index in [0.29, 0.717) is 23.6 Å². The molecule has 0 aliphatic heterocycles. The smallest absolute Gasteiger partial charge is 0.356 e. The van der Waals surface area contributed by atoms with E-state index in [9.17, 15) is 9.18 Å². The van der Waals surface area contributed by atoms with Crippen LogP contribution in [-0.4, -0.2) is 22.6 Å². The van der Waals surface area contributed by atoms with Crippen molar-refractivity contribution in [1.82, 2.24) is 9.55 Å². The molecule has 0 unspecified atom stereocenters. The highest BCUT2D eigenvalue weighted by Crippen LogP contribution is 2.14. The van der Waals surface area contributed by atoms with Crippen molar-refractivity contribution in [2.45, 2.75) is 13.5 Å². The molecule has 0 aliphatic rings. The van der Waals surface area contributed by atoms with Gasteiger partial charge in [0, 0.05) is 6.54 Å². The highest BCUT2D eigenvalue weighted by Gasteiger charge is 2.15. The largest absolute Gasteiger partial charge is 0.464 e. The molecule has 0 fully saturated rings. The number of carbonyl (C=O) groups is 1. The van der Waals surface area contributed by atoms with Gasteiger partial charge in [0.05, 0.1) is 18.9 Å². The van der Waals surface area contributed by atoms with Gasteiger partial charge in [-0.3, -0.25) is 0 Å². The van der Waals surface area contributed by atoms with E-state index in [1.165, 1.54) is 25.4 Å². The molecule has 102 valence electrons. The van der Waals surface area contributed by atoms with Crippen LogP contribution in [0.4, 0.5) is 4.39 Å². The lowest BCUT2D eigenvalue weighted by Gasteiger charge is -2.09. The number of hydrogen-bond acceptors (Lipinski definition) is 4. The van der Waals surface area contributed by atoms with Gasteiger partial charge in [-0.25, -0.2) is 14.2 Å². The van der Waals surface area contributed by atoms with E-state index in [2.05, 4.69) is 9.72 Å². The number of aryl methyl sites for hydroxylation is 1. The Labute approximate surface area is 115 Å². The van der Waals surface area contributed by atoms with Crippen molar-refractivity contribution in [3.63, 3.8) is 0 Å². The number of rotatable bonds is 3. The zero-order chi connectivity index (χ0) is 14.7. The number of esters is 1. The van der Waals surface area contributed by atoms with Gasteiger partial charge in [-0.05, 0) is 24.6 Å². The topological polar surface area (TPSA) is 67.9 Å². The van der Waals surface area contributed by atoms with Crippen LogP contribution in [0, 0.1) is 24.1 Å². The highest BCUT2D eigenvalue weighted by molar-refractivity contribution is 5.87. The molecule has 0 saturated carbocycles. The quantitative estimate of drug-likeness (QED) is 0.802. The van der Waals surface area contributed by atoms with E-state index in [1.807, 2.05) is 0 Å². The molecule has 1 heterocycles. The molecule has 0 atom stereocenters. The standard InChI is InChI=1S/C14H12FN3O2/c1-9-17-7-13(14(19)20-2)18(9)8-10-3-4-12(15)11(5-10)6-16/h3-5,7H,8H2,1-2H3. The third kappa shape index (κ3) is 2.52. The van der Waals surface area contributed by atoms with Crippen LogP contribution in [0.15, 0.2) is 24.4 Å². The zero-order valence-electron chi connectivity index (χ0n) is 11.1. The van der Waals surface area contributed by atoms with Crippen LogP contribution in [0.1, 0.15) is 27.4 Å². The average Bonchev–Trinajstić information content (AvgIpc) is 2.81. The second kappa shape index (κ2) is 5.53. The summed E-state index contributed by atoms with van der Waals surface area (Å²) in [6, 6.07) is 6.04. The Kier molecular flexibility index (Phi) is 3.80. The van der Waals surface area contributed by atoms with Crippen molar-refractivity contribution in [2.75, 3.05) is 7.11 Å². The summed E-state index contributed by atoms with van der Waals surface area (Å²) in [5, 5.41) is 8.82. The predicted octanol–water partition coefficient (Wildman–Crippen LogP) is 2.04. The fraction of sp³-hybridized carbons (Fsp3) is 0.214. The molecular weight excluding hydrogens is 261 g/mol. The Morgan fingerprint density at radius 2 is 2.30 bits per heavy atom. The summed E-state index contributed by atoms with van der Waals surface area (Å²) < 4.78 is 19.6. The first-order valence-electron chi connectivity index (χ1n) is 5.85. The summed E-state index contributed by atoms with van der Waals surface area (Å²) in [7, 11) is 1.29. The van der Waals surface area contributed by atoms with Crippen molar-refractivity contribution in [1.29, 1.82) is 5.26 Å². The average molecular weight is 273 g/mol. The molecule has 2 aromatic rings. The molecule has 5 nitrogen and oxygen atoms in total. The fourth-order valence-corrected chi connectivity index (χ4v) is 1.87. The van der Waals surface area contributed by atoms with Crippen LogP contribution in [0.25, 0.3) is 0 Å². The van der Waals surface area contributed by atoms with E-state index < -0.39 is 11.8 Å². The zero-order valence-corrected chi connectivity index (χ0v) is 11.1. The molecule has 0 bridgehead atoms. The molecule has 1 aromatic heterocycles. The van der Waals surface area contributed by atoms with Crippen LogP contribution in [0.3, 0.4) is 0 Å². The van der Waals surface area contributed by atoms with Crippen molar-refractivity contribution in [2.24, 2.45) is 0 Å². The van der Waals surface area contributed by atoms with Gasteiger partial charge in [0.15, 0.2) is 0 Å². The van der Waals surface area contributed by atoms with Gasteiger partial charge >= 0.3 is 5.97 Å². The number of halogens is 1. The molecule has 0 amide bonds. The number of benzene rings is 1. The SMILES string of the molecule is COC(=O)c1cnc(C)n1Cc1ccc(F)c(C#N)c1. The van der Waals surface area contributed by atoms with Crippen molar-refractivity contribution < 1.29 is 13.9 Å². The molecule has 0 saturated heterocycles. The van der Waals surface area contributed by atoms with Gasteiger partial charge in [0.25, 0.3) is 0 Å². The number of ether oxygens (including phenoxy) is 1. The summed E-state index contributed by atoms with van der Waals surface area (Å²) in [6.07, 6.45) is 1.43. The third-order valence-corrected chi connectivity index (χ3v) is 2.94. The van der Waals surface area contributed by atoms with Crippen molar-refractivity contribution in [3.05, 3.63) is 52.9 Å². The first-order valence-corrected chi connectivity index (χ1v) is 5.85. The number of nitriles is 1. The van der Waals surface area contributed by atoms with Gasteiger partial charge in [0.2, 0.25) is 0 Å². The van der Waals surface area contributed by atoms with Crippen LogP contribution < -0.4 is 0 Å². The van der Waals surface area contributed by atoms with Gasteiger partial charge in [0.1, 0.15) is 23.4 Å². The number of methoxy groups -OCH3 is 1. The van der Waals surface area contributed by atoms with Gasteiger partial charge in [-0.2, -0.15) is 5.26 Å². The maximum absolute atomic E-state index is 13.3. The van der Waals surface area contributed by atoms with E-state index in [1.54, 1.807) is 23.6 Å². The van der Waals surface area contributed by atoms with E-state index in [0.717, 1.165) is 0 Å². The normalized spacial score (nSPS) is 10.1. The van der Waals surface area contributed by atoms with E-state index in [4.69, 9.17) is 5.26 Å². The summed E-state index contributed by atoms with van der Waals surface area (Å²) in [5.41, 5.74) is 0.988. The van der Waals surface area contributed by atoms with Crippen LogP contribution in [0.2, 0.25) is 0 Å². The molecule has 2 rings (SSSR count). The lowest BCUT2D eigenvalue weighted by molar-refractivity contribution is 0.0588. The molecule has 0 radical (unpaired) electrons. The molecule has 0 spiro atoms. The molecule has 1 aromatic carbocycles. The van der Waals surface area contributed by atoms with Crippen LogP contribution in [-0.2, 0) is 11.3 Å². The van der Waals surface area contributed by atoms with Gasteiger partial charge < -0.3 is 9.30 Å². The van der Waals surface area contributed by atoms with Crippen molar-refractivity contribution in [3.8, 4) is 6.07 Å². The number of nitrogens with zero attached hydrogens (tertiary/aromatic N) is 3.